The van der Waals surface area contributed by atoms with Crippen LogP contribution in [-0.2, 0) is 14.3 Å². The van der Waals surface area contributed by atoms with Gasteiger partial charge < -0.3 is 4.74 Å². The lowest BCUT2D eigenvalue weighted by Gasteiger charge is -2.17. The number of rotatable bonds is 4. The average molecular weight is 193 g/mol. The van der Waals surface area contributed by atoms with Gasteiger partial charge in [-0.2, -0.15) is 0 Å². The smallest absolute Gasteiger partial charge is 0.305 e. The van der Waals surface area contributed by atoms with E-state index in [-0.39, 0.29) is 12.4 Å². The second-order valence-electron chi connectivity index (χ2n) is 3.23. The van der Waals surface area contributed by atoms with Crippen LogP contribution in [0.2, 0.25) is 0 Å². The standard InChI is InChI=1S/C8H13ClO3/c1-8(2,7(9)11)5-4-6(10)12-3/h4-5H2,1-3H3. The van der Waals surface area contributed by atoms with E-state index in [1.165, 1.54) is 7.11 Å². The maximum absolute atomic E-state index is 10.8. The second kappa shape index (κ2) is 4.45. The van der Waals surface area contributed by atoms with Crippen LogP contribution in [0.25, 0.3) is 0 Å². The lowest BCUT2D eigenvalue weighted by atomic mass is 9.89. The van der Waals surface area contributed by atoms with E-state index in [4.69, 9.17) is 11.6 Å². The number of ether oxygens (including phenoxy) is 1. The van der Waals surface area contributed by atoms with Crippen molar-refractivity contribution in [3.05, 3.63) is 0 Å². The van der Waals surface area contributed by atoms with Gasteiger partial charge in [-0.25, -0.2) is 0 Å². The molecule has 0 saturated carbocycles. The van der Waals surface area contributed by atoms with Crippen molar-refractivity contribution in [2.45, 2.75) is 26.7 Å². The van der Waals surface area contributed by atoms with Gasteiger partial charge in [0, 0.05) is 11.8 Å². The topological polar surface area (TPSA) is 43.4 Å². The van der Waals surface area contributed by atoms with Crippen molar-refractivity contribution in [1.82, 2.24) is 0 Å². The van der Waals surface area contributed by atoms with E-state index in [0.29, 0.717) is 6.42 Å². The van der Waals surface area contributed by atoms with Crippen LogP contribution in [0.1, 0.15) is 26.7 Å². The number of esters is 1. The Morgan fingerprint density at radius 2 is 1.92 bits per heavy atom. The zero-order chi connectivity index (χ0) is 9.78. The quantitative estimate of drug-likeness (QED) is 0.503. The fourth-order valence-electron chi connectivity index (χ4n) is 0.615. The van der Waals surface area contributed by atoms with Gasteiger partial charge in [-0.05, 0) is 18.0 Å². The molecular weight excluding hydrogens is 180 g/mol. The van der Waals surface area contributed by atoms with Crippen LogP contribution in [0, 0.1) is 5.41 Å². The molecule has 0 spiro atoms. The molecule has 0 aliphatic rings. The van der Waals surface area contributed by atoms with E-state index >= 15 is 0 Å². The van der Waals surface area contributed by atoms with Crippen molar-refractivity contribution < 1.29 is 14.3 Å². The van der Waals surface area contributed by atoms with Gasteiger partial charge in [-0.15, -0.1) is 0 Å². The van der Waals surface area contributed by atoms with Gasteiger partial charge in [0.15, 0.2) is 0 Å². The molecule has 0 aromatic rings. The Morgan fingerprint density at radius 1 is 1.42 bits per heavy atom. The Bertz CT molecular complexity index is 187. The summed E-state index contributed by atoms with van der Waals surface area (Å²) in [6.45, 7) is 3.40. The minimum atomic E-state index is -0.643. The van der Waals surface area contributed by atoms with Crippen molar-refractivity contribution >= 4 is 22.8 Å². The van der Waals surface area contributed by atoms with Crippen molar-refractivity contribution in [3.8, 4) is 0 Å². The maximum atomic E-state index is 10.8. The highest BCUT2D eigenvalue weighted by atomic mass is 35.5. The molecular formula is C8H13ClO3. The van der Waals surface area contributed by atoms with E-state index in [1.807, 2.05) is 0 Å². The van der Waals surface area contributed by atoms with Crippen molar-refractivity contribution in [1.29, 1.82) is 0 Å². The summed E-state index contributed by atoms with van der Waals surface area (Å²) in [5.41, 5.74) is -0.643. The number of hydrogen-bond acceptors (Lipinski definition) is 3. The minimum absolute atomic E-state index is 0.224. The summed E-state index contributed by atoms with van der Waals surface area (Å²) in [7, 11) is 1.32. The predicted octanol–water partition coefficient (Wildman–Crippen LogP) is 1.73. The Hall–Kier alpha value is -0.570. The molecule has 0 N–H and O–H groups in total. The van der Waals surface area contributed by atoms with Crippen LogP contribution in [-0.4, -0.2) is 18.3 Å². The maximum Gasteiger partial charge on any atom is 0.305 e. The summed E-state index contributed by atoms with van der Waals surface area (Å²) >= 11 is 5.31. The van der Waals surface area contributed by atoms with Gasteiger partial charge in [0.2, 0.25) is 5.24 Å². The lowest BCUT2D eigenvalue weighted by Crippen LogP contribution is -2.20. The highest BCUT2D eigenvalue weighted by Crippen LogP contribution is 2.25. The fraction of sp³-hybridized carbons (Fsp3) is 0.750. The summed E-state index contributed by atoms with van der Waals surface area (Å²) in [6, 6.07) is 0. The Morgan fingerprint density at radius 3 is 2.25 bits per heavy atom. The van der Waals surface area contributed by atoms with Crippen LogP contribution in [0.3, 0.4) is 0 Å². The van der Waals surface area contributed by atoms with Crippen LogP contribution >= 0.6 is 11.6 Å². The molecule has 0 aliphatic carbocycles. The zero-order valence-corrected chi connectivity index (χ0v) is 8.27. The highest BCUT2D eigenvalue weighted by Gasteiger charge is 2.26. The molecule has 0 fully saturated rings. The molecule has 0 unspecified atom stereocenters. The SMILES string of the molecule is COC(=O)CCC(C)(C)C(=O)Cl. The predicted molar refractivity (Wildman–Crippen MR) is 45.9 cm³/mol. The fourth-order valence-corrected chi connectivity index (χ4v) is 0.709. The van der Waals surface area contributed by atoms with E-state index in [9.17, 15) is 9.59 Å². The molecule has 0 aromatic carbocycles. The molecule has 0 radical (unpaired) electrons. The molecule has 0 rings (SSSR count). The molecule has 0 amide bonds. The van der Waals surface area contributed by atoms with Crippen LogP contribution in [0.4, 0.5) is 0 Å². The molecule has 3 nitrogen and oxygen atoms in total. The third-order valence-corrected chi connectivity index (χ3v) is 2.23. The zero-order valence-electron chi connectivity index (χ0n) is 7.52. The normalized spacial score (nSPS) is 11.0. The van der Waals surface area contributed by atoms with Gasteiger partial charge in [-0.3, -0.25) is 9.59 Å². The molecule has 0 heterocycles. The average Bonchev–Trinajstić information content (AvgIpc) is 2.00. The Kier molecular flexibility index (Phi) is 4.24. The Balaban J connectivity index is 3.92. The molecule has 4 heteroatoms. The summed E-state index contributed by atoms with van der Waals surface area (Å²) in [5.74, 6) is -0.319. The molecule has 0 aromatic heterocycles. The molecule has 12 heavy (non-hydrogen) atoms. The van der Waals surface area contributed by atoms with Gasteiger partial charge in [0.25, 0.3) is 0 Å². The van der Waals surface area contributed by atoms with Gasteiger partial charge in [0.05, 0.1) is 7.11 Å². The lowest BCUT2D eigenvalue weighted by molar-refractivity contribution is -0.141. The largest absolute Gasteiger partial charge is 0.469 e. The Labute approximate surface area is 77.0 Å². The second-order valence-corrected chi connectivity index (χ2v) is 3.58. The summed E-state index contributed by atoms with van der Waals surface area (Å²) in [5, 5.41) is -0.425. The highest BCUT2D eigenvalue weighted by molar-refractivity contribution is 6.64. The molecule has 70 valence electrons. The number of halogens is 1. The van der Waals surface area contributed by atoms with Crippen molar-refractivity contribution in [2.24, 2.45) is 5.41 Å². The first-order valence-corrected chi connectivity index (χ1v) is 4.04. The first-order chi connectivity index (χ1) is 5.40. The molecule has 0 bridgehead atoms. The first-order valence-electron chi connectivity index (χ1n) is 3.67. The number of carbonyl (C=O) groups is 2. The summed E-state index contributed by atoms with van der Waals surface area (Å²) in [6.07, 6.45) is 0.643. The summed E-state index contributed by atoms with van der Waals surface area (Å²) in [4.78, 5) is 21.5. The van der Waals surface area contributed by atoms with Crippen molar-refractivity contribution in [3.63, 3.8) is 0 Å². The number of methoxy groups -OCH3 is 1. The van der Waals surface area contributed by atoms with Crippen molar-refractivity contribution in [2.75, 3.05) is 7.11 Å². The van der Waals surface area contributed by atoms with E-state index < -0.39 is 10.7 Å². The van der Waals surface area contributed by atoms with Gasteiger partial charge in [0.1, 0.15) is 0 Å². The molecule has 0 aliphatic heterocycles. The number of carbonyl (C=O) groups excluding carboxylic acids is 2. The molecule has 0 saturated heterocycles. The third kappa shape index (κ3) is 3.72. The first kappa shape index (κ1) is 11.4. The summed E-state index contributed by atoms with van der Waals surface area (Å²) < 4.78 is 4.43. The van der Waals surface area contributed by atoms with E-state index in [1.54, 1.807) is 13.8 Å². The minimum Gasteiger partial charge on any atom is -0.469 e. The van der Waals surface area contributed by atoms with Gasteiger partial charge in [-0.1, -0.05) is 13.8 Å². The van der Waals surface area contributed by atoms with E-state index in [2.05, 4.69) is 4.74 Å². The third-order valence-electron chi connectivity index (χ3n) is 1.71. The van der Waals surface area contributed by atoms with E-state index in [0.717, 1.165) is 0 Å². The monoisotopic (exact) mass is 192 g/mol. The van der Waals surface area contributed by atoms with Crippen LogP contribution in [0.5, 0.6) is 0 Å². The van der Waals surface area contributed by atoms with Crippen LogP contribution in [0.15, 0.2) is 0 Å². The number of hydrogen-bond donors (Lipinski definition) is 0. The van der Waals surface area contributed by atoms with Crippen LogP contribution < -0.4 is 0 Å². The van der Waals surface area contributed by atoms with Gasteiger partial charge >= 0.3 is 5.97 Å². The molecule has 0 atom stereocenters.